The molecule has 0 fully saturated rings. The van der Waals surface area contributed by atoms with Crippen molar-refractivity contribution in [3.63, 3.8) is 0 Å². The molecular formula is C26H22Cl3N3O2. The normalized spacial score (nSPS) is 15.5. The molecule has 0 bridgehead atoms. The smallest absolute Gasteiger partial charge is 0.244 e. The summed E-state index contributed by atoms with van der Waals surface area (Å²) in [5.74, 6) is 0.570. The van der Waals surface area contributed by atoms with Crippen molar-refractivity contribution in [3.8, 4) is 5.75 Å². The fraction of sp³-hybridized carbons (Fsp3) is 0.154. The second-order valence-electron chi connectivity index (χ2n) is 7.70. The molecule has 1 atom stereocenters. The van der Waals surface area contributed by atoms with Crippen molar-refractivity contribution in [1.82, 2.24) is 5.32 Å². The van der Waals surface area contributed by atoms with Crippen LogP contribution < -0.4 is 15.1 Å². The lowest BCUT2D eigenvalue weighted by atomic mass is 10.0. The number of anilines is 1. The largest absolute Gasteiger partial charge is 0.497 e. The molecule has 1 aliphatic rings. The van der Waals surface area contributed by atoms with Crippen molar-refractivity contribution in [2.24, 2.45) is 5.10 Å². The molecule has 0 saturated heterocycles. The average Bonchev–Trinajstić information content (AvgIpc) is 3.26. The van der Waals surface area contributed by atoms with Crippen molar-refractivity contribution in [2.45, 2.75) is 12.5 Å². The SMILES string of the molecule is COc1ccc(C2CC(CNC(=O)C=Cc3ccc(Cl)cc3)=NN2c2ccc(Cl)cc2Cl)cc1. The highest BCUT2D eigenvalue weighted by molar-refractivity contribution is 6.36. The van der Waals surface area contributed by atoms with Crippen LogP contribution in [0.2, 0.25) is 15.1 Å². The minimum absolute atomic E-state index is 0.0823. The van der Waals surface area contributed by atoms with Gasteiger partial charge in [-0.3, -0.25) is 9.80 Å². The first-order valence-corrected chi connectivity index (χ1v) is 11.7. The Kier molecular flexibility index (Phi) is 7.78. The molecule has 0 aliphatic carbocycles. The molecule has 174 valence electrons. The van der Waals surface area contributed by atoms with Gasteiger partial charge in [0.05, 0.1) is 36.1 Å². The quantitative estimate of drug-likeness (QED) is 0.353. The molecule has 3 aromatic carbocycles. The van der Waals surface area contributed by atoms with Crippen LogP contribution >= 0.6 is 34.8 Å². The zero-order valence-electron chi connectivity index (χ0n) is 18.3. The number of halogens is 3. The first-order valence-electron chi connectivity index (χ1n) is 10.6. The second kappa shape index (κ2) is 11.0. The summed E-state index contributed by atoms with van der Waals surface area (Å²) in [7, 11) is 1.63. The number of benzene rings is 3. The molecule has 0 aromatic heterocycles. The van der Waals surface area contributed by atoms with Gasteiger partial charge < -0.3 is 10.1 Å². The molecule has 34 heavy (non-hydrogen) atoms. The van der Waals surface area contributed by atoms with Crippen molar-refractivity contribution in [3.05, 3.63) is 99.0 Å². The van der Waals surface area contributed by atoms with Crippen LogP contribution in [0.3, 0.4) is 0 Å². The summed E-state index contributed by atoms with van der Waals surface area (Å²) in [6.07, 6.45) is 3.86. The summed E-state index contributed by atoms with van der Waals surface area (Å²) < 4.78 is 5.28. The van der Waals surface area contributed by atoms with E-state index < -0.39 is 0 Å². The monoisotopic (exact) mass is 513 g/mol. The second-order valence-corrected chi connectivity index (χ2v) is 8.98. The summed E-state index contributed by atoms with van der Waals surface area (Å²) in [5.41, 5.74) is 3.52. The van der Waals surface area contributed by atoms with Crippen LogP contribution in [0.15, 0.2) is 77.9 Å². The predicted octanol–water partition coefficient (Wildman–Crippen LogP) is 6.79. The number of ether oxygens (including phenoxy) is 1. The van der Waals surface area contributed by atoms with Gasteiger partial charge in [0.1, 0.15) is 5.75 Å². The summed E-state index contributed by atoms with van der Waals surface area (Å²) >= 11 is 18.5. The molecule has 8 heteroatoms. The van der Waals surface area contributed by atoms with Gasteiger partial charge in [-0.25, -0.2) is 0 Å². The van der Waals surface area contributed by atoms with E-state index in [9.17, 15) is 4.79 Å². The van der Waals surface area contributed by atoms with E-state index in [0.29, 0.717) is 28.0 Å². The van der Waals surface area contributed by atoms with E-state index in [-0.39, 0.29) is 11.9 Å². The van der Waals surface area contributed by atoms with Gasteiger partial charge in [0.2, 0.25) is 5.91 Å². The molecule has 1 unspecified atom stereocenters. The van der Waals surface area contributed by atoms with Gasteiger partial charge in [0, 0.05) is 22.5 Å². The Labute approximate surface area is 213 Å². The zero-order chi connectivity index (χ0) is 24.1. The van der Waals surface area contributed by atoms with Crippen LogP contribution in [-0.4, -0.2) is 25.3 Å². The summed E-state index contributed by atoms with van der Waals surface area (Å²) in [6, 6.07) is 20.3. The van der Waals surface area contributed by atoms with Crippen LogP contribution in [0.1, 0.15) is 23.6 Å². The Hall–Kier alpha value is -2.99. The van der Waals surface area contributed by atoms with Gasteiger partial charge in [0.25, 0.3) is 0 Å². The van der Waals surface area contributed by atoms with Crippen molar-refractivity contribution in [1.29, 1.82) is 0 Å². The predicted molar refractivity (Wildman–Crippen MR) is 140 cm³/mol. The highest BCUT2D eigenvalue weighted by Gasteiger charge is 2.30. The van der Waals surface area contributed by atoms with Gasteiger partial charge in [-0.15, -0.1) is 0 Å². The third-order valence-electron chi connectivity index (χ3n) is 5.39. The van der Waals surface area contributed by atoms with Crippen molar-refractivity contribution < 1.29 is 9.53 Å². The minimum Gasteiger partial charge on any atom is -0.497 e. The molecule has 1 aliphatic heterocycles. The fourth-order valence-electron chi connectivity index (χ4n) is 3.65. The number of nitrogens with zero attached hydrogens (tertiary/aromatic N) is 2. The number of rotatable bonds is 7. The van der Waals surface area contributed by atoms with Gasteiger partial charge in [-0.1, -0.05) is 59.1 Å². The van der Waals surface area contributed by atoms with Gasteiger partial charge in [0.15, 0.2) is 0 Å². The van der Waals surface area contributed by atoms with Crippen LogP contribution in [0.4, 0.5) is 5.69 Å². The number of carbonyl (C=O) groups is 1. The number of hydrogen-bond donors (Lipinski definition) is 1. The Balaban J connectivity index is 1.50. The number of hydrogen-bond acceptors (Lipinski definition) is 4. The van der Waals surface area contributed by atoms with E-state index in [0.717, 1.165) is 28.3 Å². The Bertz CT molecular complexity index is 1230. The number of carbonyl (C=O) groups excluding carboxylic acids is 1. The lowest BCUT2D eigenvalue weighted by Crippen LogP contribution is -2.27. The first kappa shape index (κ1) is 24.1. The van der Waals surface area contributed by atoms with Crippen LogP contribution in [0.5, 0.6) is 5.75 Å². The van der Waals surface area contributed by atoms with E-state index in [1.54, 1.807) is 37.5 Å². The van der Waals surface area contributed by atoms with Crippen molar-refractivity contribution in [2.75, 3.05) is 18.7 Å². The highest BCUT2D eigenvalue weighted by atomic mass is 35.5. The molecule has 3 aromatic rings. The average molecular weight is 515 g/mol. The number of hydrazone groups is 1. The van der Waals surface area contributed by atoms with E-state index in [2.05, 4.69) is 5.32 Å². The zero-order valence-corrected chi connectivity index (χ0v) is 20.6. The number of nitrogens with one attached hydrogen (secondary N) is 1. The number of methoxy groups -OCH3 is 1. The molecule has 1 N–H and O–H groups in total. The van der Waals surface area contributed by atoms with Crippen molar-refractivity contribution >= 4 is 58.2 Å². The lowest BCUT2D eigenvalue weighted by molar-refractivity contribution is -0.116. The molecular weight excluding hydrogens is 493 g/mol. The van der Waals surface area contributed by atoms with Crippen LogP contribution in [0.25, 0.3) is 6.08 Å². The Morgan fingerprint density at radius 2 is 1.76 bits per heavy atom. The number of amides is 1. The standard InChI is InChI=1S/C26H22Cl3N3O2/c1-34-22-10-5-18(6-11-22)25-15-21(31-32(25)24-12-9-20(28)14-23(24)29)16-30-26(33)13-4-17-2-7-19(27)8-3-17/h2-14,25H,15-16H2,1H3,(H,30,33). The van der Waals surface area contributed by atoms with Gasteiger partial charge in [-0.2, -0.15) is 5.10 Å². The first-order chi connectivity index (χ1) is 16.4. The minimum atomic E-state index is -0.207. The maximum absolute atomic E-state index is 12.4. The topological polar surface area (TPSA) is 53.9 Å². The maximum Gasteiger partial charge on any atom is 0.244 e. The third kappa shape index (κ3) is 5.92. The van der Waals surface area contributed by atoms with E-state index in [4.69, 9.17) is 44.6 Å². The highest BCUT2D eigenvalue weighted by Crippen LogP contribution is 2.39. The molecule has 0 radical (unpaired) electrons. The molecule has 0 spiro atoms. The fourth-order valence-corrected chi connectivity index (χ4v) is 4.27. The molecule has 5 nitrogen and oxygen atoms in total. The summed E-state index contributed by atoms with van der Waals surface area (Å²) in [6.45, 7) is 0.318. The van der Waals surface area contributed by atoms with E-state index in [1.165, 1.54) is 6.08 Å². The third-order valence-corrected chi connectivity index (χ3v) is 6.18. The molecule has 4 rings (SSSR count). The molecule has 1 heterocycles. The lowest BCUT2D eigenvalue weighted by Gasteiger charge is -2.25. The Morgan fingerprint density at radius 3 is 2.44 bits per heavy atom. The summed E-state index contributed by atoms with van der Waals surface area (Å²) in [5, 5.41) is 11.3. The maximum atomic E-state index is 12.4. The molecule has 1 amide bonds. The van der Waals surface area contributed by atoms with E-state index >= 15 is 0 Å². The van der Waals surface area contributed by atoms with E-state index in [1.807, 2.05) is 47.5 Å². The summed E-state index contributed by atoms with van der Waals surface area (Å²) in [4.78, 5) is 12.4. The van der Waals surface area contributed by atoms with Crippen LogP contribution in [-0.2, 0) is 4.79 Å². The Morgan fingerprint density at radius 1 is 1.06 bits per heavy atom. The van der Waals surface area contributed by atoms with Gasteiger partial charge in [-0.05, 0) is 59.7 Å². The van der Waals surface area contributed by atoms with Crippen LogP contribution in [0, 0.1) is 0 Å². The molecule has 0 saturated carbocycles. The van der Waals surface area contributed by atoms with Gasteiger partial charge >= 0.3 is 0 Å².